The highest BCUT2D eigenvalue weighted by Gasteiger charge is 2.43. The molecule has 1 heterocycles. The summed E-state index contributed by atoms with van der Waals surface area (Å²) < 4.78 is 14.0. The van der Waals surface area contributed by atoms with Crippen LogP contribution >= 0.6 is 11.8 Å². The van der Waals surface area contributed by atoms with Gasteiger partial charge in [-0.15, -0.1) is 11.8 Å². The van der Waals surface area contributed by atoms with Crippen molar-refractivity contribution in [3.05, 3.63) is 107 Å². The van der Waals surface area contributed by atoms with Crippen molar-refractivity contribution in [1.29, 1.82) is 0 Å². The standard InChI is InChI=1S/C28H29FN2O2S/c1-19-8-6-11-22(16-19)27(33)31-25(18-34-28(31)23-12-7-13-24(29)17-23)26(32)30-20(2)14-15-21-9-4-3-5-10-21/h3-13,16-17,20,25,28H,14-15,18H2,1-2H3,(H,30,32). The summed E-state index contributed by atoms with van der Waals surface area (Å²) in [6.45, 7) is 3.91. The number of nitrogens with one attached hydrogen (secondary N) is 1. The number of hydrogen-bond donors (Lipinski definition) is 1. The maximum atomic E-state index is 14.0. The quantitative estimate of drug-likeness (QED) is 0.488. The molecule has 176 valence electrons. The monoisotopic (exact) mass is 476 g/mol. The Bertz CT molecular complexity index is 1150. The highest BCUT2D eigenvalue weighted by Crippen LogP contribution is 2.42. The van der Waals surface area contributed by atoms with Crippen LogP contribution in [-0.2, 0) is 11.2 Å². The lowest BCUT2D eigenvalue weighted by molar-refractivity contribution is -0.125. The fraction of sp³-hybridized carbons (Fsp3) is 0.286. The lowest BCUT2D eigenvalue weighted by atomic mass is 10.1. The molecule has 0 aromatic heterocycles. The Kier molecular flexibility index (Phi) is 7.68. The van der Waals surface area contributed by atoms with E-state index in [0.29, 0.717) is 16.9 Å². The van der Waals surface area contributed by atoms with Gasteiger partial charge in [0, 0.05) is 17.4 Å². The molecule has 0 bridgehead atoms. The van der Waals surface area contributed by atoms with Crippen LogP contribution in [0.25, 0.3) is 0 Å². The number of carbonyl (C=O) groups excluding carboxylic acids is 2. The third kappa shape index (κ3) is 5.68. The Morgan fingerprint density at radius 3 is 2.56 bits per heavy atom. The van der Waals surface area contributed by atoms with Crippen LogP contribution in [0.3, 0.4) is 0 Å². The van der Waals surface area contributed by atoms with Gasteiger partial charge in [0.05, 0.1) is 0 Å². The van der Waals surface area contributed by atoms with Crippen molar-refractivity contribution in [2.24, 2.45) is 0 Å². The molecule has 6 heteroatoms. The third-order valence-electron chi connectivity index (χ3n) is 6.03. The SMILES string of the molecule is Cc1cccc(C(=O)N2C(C(=O)NC(C)CCc3ccccc3)CSC2c2cccc(F)c2)c1. The van der Waals surface area contributed by atoms with Gasteiger partial charge in [-0.05, 0) is 62.1 Å². The normalized spacial score (nSPS) is 18.5. The van der Waals surface area contributed by atoms with E-state index >= 15 is 0 Å². The summed E-state index contributed by atoms with van der Waals surface area (Å²) in [5, 5.41) is 2.67. The first kappa shape index (κ1) is 24.0. The fourth-order valence-corrected chi connectivity index (χ4v) is 5.66. The molecule has 1 saturated heterocycles. The van der Waals surface area contributed by atoms with Gasteiger partial charge in [0.1, 0.15) is 17.2 Å². The van der Waals surface area contributed by atoms with Crippen molar-refractivity contribution in [1.82, 2.24) is 10.2 Å². The molecule has 1 fully saturated rings. The van der Waals surface area contributed by atoms with E-state index in [4.69, 9.17) is 0 Å². The number of benzene rings is 3. The van der Waals surface area contributed by atoms with E-state index in [0.717, 1.165) is 18.4 Å². The first-order valence-electron chi connectivity index (χ1n) is 11.5. The van der Waals surface area contributed by atoms with Crippen LogP contribution in [0.2, 0.25) is 0 Å². The Balaban J connectivity index is 1.53. The summed E-state index contributed by atoms with van der Waals surface area (Å²) in [6.07, 6.45) is 1.66. The van der Waals surface area contributed by atoms with E-state index < -0.39 is 11.4 Å². The number of halogens is 1. The lowest BCUT2D eigenvalue weighted by Gasteiger charge is -2.30. The van der Waals surface area contributed by atoms with Crippen LogP contribution in [0.15, 0.2) is 78.9 Å². The minimum atomic E-state index is -0.634. The molecule has 3 unspecified atom stereocenters. The molecular weight excluding hydrogens is 447 g/mol. The summed E-state index contributed by atoms with van der Waals surface area (Å²) in [5.74, 6) is -0.299. The molecule has 3 atom stereocenters. The molecular formula is C28H29FN2O2S. The molecule has 2 amide bonds. The maximum Gasteiger partial charge on any atom is 0.255 e. The van der Waals surface area contributed by atoms with E-state index in [2.05, 4.69) is 17.4 Å². The van der Waals surface area contributed by atoms with Gasteiger partial charge in [-0.3, -0.25) is 9.59 Å². The summed E-state index contributed by atoms with van der Waals surface area (Å²) in [7, 11) is 0. The maximum absolute atomic E-state index is 14.0. The van der Waals surface area contributed by atoms with Crippen molar-refractivity contribution in [3.8, 4) is 0 Å². The summed E-state index contributed by atoms with van der Waals surface area (Å²) in [6, 6.07) is 23.1. The van der Waals surface area contributed by atoms with Crippen molar-refractivity contribution >= 4 is 23.6 Å². The van der Waals surface area contributed by atoms with Crippen LogP contribution in [0.5, 0.6) is 0 Å². The molecule has 1 N–H and O–H groups in total. The zero-order chi connectivity index (χ0) is 24.1. The average molecular weight is 477 g/mol. The molecule has 0 spiro atoms. The summed E-state index contributed by atoms with van der Waals surface area (Å²) >= 11 is 1.49. The van der Waals surface area contributed by atoms with E-state index in [1.165, 1.54) is 29.5 Å². The van der Waals surface area contributed by atoms with E-state index in [9.17, 15) is 14.0 Å². The Hall–Kier alpha value is -3.12. The molecule has 0 saturated carbocycles. The molecule has 0 aliphatic carbocycles. The van der Waals surface area contributed by atoms with Crippen molar-refractivity contribution in [3.63, 3.8) is 0 Å². The van der Waals surface area contributed by atoms with Crippen LogP contribution in [0.1, 0.15) is 45.8 Å². The molecule has 4 rings (SSSR count). The molecule has 1 aliphatic heterocycles. The topological polar surface area (TPSA) is 49.4 Å². The highest BCUT2D eigenvalue weighted by atomic mass is 32.2. The second kappa shape index (κ2) is 10.9. The molecule has 3 aromatic rings. The molecule has 3 aromatic carbocycles. The van der Waals surface area contributed by atoms with Crippen molar-refractivity contribution in [2.45, 2.75) is 44.1 Å². The summed E-state index contributed by atoms with van der Waals surface area (Å²) in [5.41, 5.74) is 3.40. The third-order valence-corrected chi connectivity index (χ3v) is 7.36. The zero-order valence-electron chi connectivity index (χ0n) is 19.4. The molecule has 4 nitrogen and oxygen atoms in total. The zero-order valence-corrected chi connectivity index (χ0v) is 20.2. The van der Waals surface area contributed by atoms with Crippen LogP contribution in [0, 0.1) is 12.7 Å². The van der Waals surface area contributed by atoms with E-state index in [1.807, 2.05) is 50.2 Å². The number of hydrogen-bond acceptors (Lipinski definition) is 3. The van der Waals surface area contributed by atoms with Gasteiger partial charge in [0.25, 0.3) is 5.91 Å². The van der Waals surface area contributed by atoms with Gasteiger partial charge >= 0.3 is 0 Å². The van der Waals surface area contributed by atoms with Crippen molar-refractivity contribution in [2.75, 3.05) is 5.75 Å². The number of carbonyl (C=O) groups is 2. The highest BCUT2D eigenvalue weighted by molar-refractivity contribution is 7.99. The second-order valence-corrected chi connectivity index (χ2v) is 9.89. The number of nitrogens with zero attached hydrogens (tertiary/aromatic N) is 1. The average Bonchev–Trinajstić information content (AvgIpc) is 3.28. The first-order valence-corrected chi connectivity index (χ1v) is 12.6. The minimum absolute atomic E-state index is 0.0400. The number of rotatable bonds is 7. The molecule has 0 radical (unpaired) electrons. The van der Waals surface area contributed by atoms with Crippen LogP contribution in [-0.4, -0.2) is 34.6 Å². The van der Waals surface area contributed by atoms with Crippen molar-refractivity contribution < 1.29 is 14.0 Å². The lowest BCUT2D eigenvalue weighted by Crippen LogP contribution is -2.50. The largest absolute Gasteiger partial charge is 0.352 e. The first-order chi connectivity index (χ1) is 16.4. The van der Waals surface area contributed by atoms with E-state index in [-0.39, 0.29) is 23.7 Å². The predicted molar refractivity (Wildman–Crippen MR) is 135 cm³/mol. The van der Waals surface area contributed by atoms with Gasteiger partial charge in [0.2, 0.25) is 5.91 Å². The smallest absolute Gasteiger partial charge is 0.255 e. The second-order valence-electron chi connectivity index (χ2n) is 8.77. The fourth-order valence-electron chi connectivity index (χ4n) is 4.24. The Labute approximate surface area is 204 Å². The van der Waals surface area contributed by atoms with Gasteiger partial charge < -0.3 is 10.2 Å². The number of aryl methyl sites for hydroxylation is 2. The van der Waals surface area contributed by atoms with Gasteiger partial charge in [-0.1, -0.05) is 60.2 Å². The van der Waals surface area contributed by atoms with Gasteiger partial charge in [-0.2, -0.15) is 0 Å². The molecule has 1 aliphatic rings. The summed E-state index contributed by atoms with van der Waals surface area (Å²) in [4.78, 5) is 28.6. The number of thioether (sulfide) groups is 1. The minimum Gasteiger partial charge on any atom is -0.352 e. The Morgan fingerprint density at radius 1 is 1.06 bits per heavy atom. The van der Waals surface area contributed by atoms with Crippen LogP contribution in [0.4, 0.5) is 4.39 Å². The van der Waals surface area contributed by atoms with Crippen LogP contribution < -0.4 is 5.32 Å². The van der Waals surface area contributed by atoms with Gasteiger partial charge in [0.15, 0.2) is 0 Å². The van der Waals surface area contributed by atoms with E-state index in [1.54, 1.807) is 23.1 Å². The predicted octanol–water partition coefficient (Wildman–Crippen LogP) is 5.53. The van der Waals surface area contributed by atoms with Gasteiger partial charge in [-0.25, -0.2) is 4.39 Å². The Morgan fingerprint density at radius 2 is 1.82 bits per heavy atom. The number of amides is 2. The molecule has 34 heavy (non-hydrogen) atoms.